The summed E-state index contributed by atoms with van der Waals surface area (Å²) in [6.45, 7) is 0. The Morgan fingerprint density at radius 2 is 1.05 bits per heavy atom. The molecule has 0 atom stereocenters. The molecule has 0 unspecified atom stereocenters. The molecule has 0 spiro atoms. The zero-order valence-corrected chi connectivity index (χ0v) is 12.8. The van der Waals surface area contributed by atoms with E-state index in [0.717, 1.165) is 0 Å². The Kier molecular flexibility index (Phi) is 4.20. The second kappa shape index (κ2) is 5.78. The standard InChI is InChI=1S/C13H12N2O5S2/c14-13(16)15(21(17,18)11-7-3-1-4-8-11)22(19,20)12-9-5-2-6-10-12/h1-10H,(H2,14,16). The van der Waals surface area contributed by atoms with Crippen molar-refractivity contribution < 1.29 is 21.6 Å². The third kappa shape index (κ3) is 2.81. The Bertz CT molecular complexity index is 809. The largest absolute Gasteiger partial charge is 0.350 e. The summed E-state index contributed by atoms with van der Waals surface area (Å²) in [5.74, 6) is 0. The molecule has 0 saturated carbocycles. The van der Waals surface area contributed by atoms with Gasteiger partial charge in [0.05, 0.1) is 9.79 Å². The third-order valence-electron chi connectivity index (χ3n) is 2.70. The molecule has 2 aromatic rings. The lowest BCUT2D eigenvalue weighted by Gasteiger charge is -2.20. The van der Waals surface area contributed by atoms with E-state index >= 15 is 0 Å². The molecule has 0 bridgehead atoms. The fraction of sp³-hybridized carbons (Fsp3) is 0. The molecule has 0 aliphatic heterocycles. The predicted octanol–water partition coefficient (Wildman–Crippen LogP) is 1.14. The molecule has 2 N–H and O–H groups in total. The molecular formula is C13H12N2O5S2. The quantitative estimate of drug-likeness (QED) is 0.896. The lowest BCUT2D eigenvalue weighted by Crippen LogP contribution is -2.44. The first-order valence-electron chi connectivity index (χ1n) is 5.98. The summed E-state index contributed by atoms with van der Waals surface area (Å²) in [4.78, 5) is 10.8. The molecule has 0 fully saturated rings. The van der Waals surface area contributed by atoms with E-state index in [1.165, 1.54) is 48.5 Å². The third-order valence-corrected chi connectivity index (χ3v) is 6.85. The Balaban J connectivity index is 2.65. The number of nitrogens with two attached hydrogens (primary N) is 1. The van der Waals surface area contributed by atoms with Gasteiger partial charge in [-0.15, -0.1) is 3.71 Å². The van der Waals surface area contributed by atoms with Crippen LogP contribution < -0.4 is 5.73 Å². The maximum Gasteiger partial charge on any atom is 0.343 e. The fourth-order valence-electron chi connectivity index (χ4n) is 1.74. The number of amides is 2. The minimum absolute atomic E-state index is 0.301. The van der Waals surface area contributed by atoms with Crippen molar-refractivity contribution in [2.24, 2.45) is 5.73 Å². The summed E-state index contributed by atoms with van der Waals surface area (Å²) < 4.78 is 49.5. The first-order valence-corrected chi connectivity index (χ1v) is 8.86. The lowest BCUT2D eigenvalue weighted by atomic mass is 10.4. The van der Waals surface area contributed by atoms with Crippen molar-refractivity contribution in [1.29, 1.82) is 0 Å². The number of benzene rings is 2. The van der Waals surface area contributed by atoms with E-state index in [9.17, 15) is 21.6 Å². The molecule has 7 nitrogen and oxygen atoms in total. The van der Waals surface area contributed by atoms with Gasteiger partial charge in [0.2, 0.25) is 0 Å². The topological polar surface area (TPSA) is 115 Å². The average Bonchev–Trinajstić information content (AvgIpc) is 2.48. The van der Waals surface area contributed by atoms with Crippen molar-refractivity contribution in [3.05, 3.63) is 60.7 Å². The lowest BCUT2D eigenvalue weighted by molar-refractivity contribution is 0.244. The second-order valence-corrected chi connectivity index (χ2v) is 7.98. The van der Waals surface area contributed by atoms with Gasteiger partial charge in [-0.05, 0) is 24.3 Å². The van der Waals surface area contributed by atoms with E-state index in [1.54, 1.807) is 12.1 Å². The van der Waals surface area contributed by atoms with Crippen LogP contribution in [-0.2, 0) is 20.0 Å². The normalized spacial score (nSPS) is 11.8. The molecule has 22 heavy (non-hydrogen) atoms. The minimum Gasteiger partial charge on any atom is -0.350 e. The van der Waals surface area contributed by atoms with E-state index in [4.69, 9.17) is 5.73 Å². The van der Waals surface area contributed by atoms with E-state index in [-0.39, 0.29) is 13.5 Å². The van der Waals surface area contributed by atoms with Crippen molar-refractivity contribution in [2.75, 3.05) is 0 Å². The molecule has 0 aromatic heterocycles. The number of primary amides is 1. The minimum atomic E-state index is -4.64. The molecule has 2 amide bonds. The Morgan fingerprint density at radius 3 is 1.32 bits per heavy atom. The first kappa shape index (κ1) is 16.0. The summed E-state index contributed by atoms with van der Waals surface area (Å²) in [5.41, 5.74) is 5.01. The van der Waals surface area contributed by atoms with Gasteiger partial charge in [0, 0.05) is 0 Å². The zero-order valence-electron chi connectivity index (χ0n) is 11.2. The van der Waals surface area contributed by atoms with Crippen molar-refractivity contribution in [3.63, 3.8) is 0 Å². The number of rotatable bonds is 4. The van der Waals surface area contributed by atoms with Crippen molar-refractivity contribution in [2.45, 2.75) is 9.79 Å². The van der Waals surface area contributed by atoms with Crippen LogP contribution in [0.5, 0.6) is 0 Å². The number of carbonyl (C=O) groups excluding carboxylic acids is 1. The van der Waals surface area contributed by atoms with Crippen LogP contribution in [-0.4, -0.2) is 26.6 Å². The highest BCUT2D eigenvalue weighted by Crippen LogP contribution is 2.23. The van der Waals surface area contributed by atoms with Gasteiger partial charge in [0.25, 0.3) is 20.0 Å². The van der Waals surface area contributed by atoms with Gasteiger partial charge < -0.3 is 5.73 Å². The van der Waals surface area contributed by atoms with E-state index < -0.39 is 26.1 Å². The van der Waals surface area contributed by atoms with Crippen molar-refractivity contribution in [1.82, 2.24) is 3.71 Å². The number of carbonyl (C=O) groups is 1. The number of hydrogen-bond acceptors (Lipinski definition) is 5. The number of nitrogens with zero attached hydrogens (tertiary/aromatic N) is 1. The van der Waals surface area contributed by atoms with Gasteiger partial charge in [-0.3, -0.25) is 0 Å². The predicted molar refractivity (Wildman–Crippen MR) is 78.7 cm³/mol. The van der Waals surface area contributed by atoms with E-state index in [2.05, 4.69) is 0 Å². The van der Waals surface area contributed by atoms with Gasteiger partial charge in [-0.25, -0.2) is 4.79 Å². The van der Waals surface area contributed by atoms with Crippen LogP contribution >= 0.6 is 0 Å². The molecule has 0 radical (unpaired) electrons. The molecule has 2 aromatic carbocycles. The molecule has 0 heterocycles. The average molecular weight is 340 g/mol. The SMILES string of the molecule is NC(=O)N(S(=O)(=O)c1ccccc1)S(=O)(=O)c1ccccc1. The number of sulfonamides is 2. The van der Waals surface area contributed by atoms with Gasteiger partial charge in [0.1, 0.15) is 0 Å². The Labute approximate surface area is 128 Å². The van der Waals surface area contributed by atoms with Crippen LogP contribution in [0.1, 0.15) is 0 Å². The number of hydrogen-bond donors (Lipinski definition) is 1. The monoisotopic (exact) mass is 340 g/mol. The van der Waals surface area contributed by atoms with Crippen molar-refractivity contribution in [3.8, 4) is 0 Å². The highest BCUT2D eigenvalue weighted by Gasteiger charge is 2.39. The van der Waals surface area contributed by atoms with Crippen LogP contribution in [0.4, 0.5) is 4.79 Å². The molecule has 0 saturated heterocycles. The van der Waals surface area contributed by atoms with Gasteiger partial charge in [-0.2, -0.15) is 16.8 Å². The molecular weight excluding hydrogens is 328 g/mol. The molecule has 9 heteroatoms. The molecule has 2 rings (SSSR count). The maximum absolute atomic E-state index is 12.4. The molecule has 116 valence electrons. The van der Waals surface area contributed by atoms with Crippen LogP contribution in [0.2, 0.25) is 0 Å². The molecule has 0 aliphatic carbocycles. The second-order valence-electron chi connectivity index (χ2n) is 4.17. The van der Waals surface area contributed by atoms with Crippen LogP contribution in [0.3, 0.4) is 0 Å². The van der Waals surface area contributed by atoms with Crippen molar-refractivity contribution >= 4 is 26.1 Å². The summed E-state index contributed by atoms with van der Waals surface area (Å²) in [5, 5.41) is 0. The van der Waals surface area contributed by atoms with Gasteiger partial charge >= 0.3 is 6.03 Å². The summed E-state index contributed by atoms with van der Waals surface area (Å²) in [6, 6.07) is 11.8. The maximum atomic E-state index is 12.4. The van der Waals surface area contributed by atoms with Gasteiger partial charge in [-0.1, -0.05) is 36.4 Å². The molecule has 0 aliphatic rings. The zero-order chi connectivity index (χ0) is 16.4. The number of urea groups is 1. The Morgan fingerprint density at radius 1 is 0.727 bits per heavy atom. The smallest absolute Gasteiger partial charge is 0.343 e. The van der Waals surface area contributed by atoms with E-state index in [1.807, 2.05) is 0 Å². The van der Waals surface area contributed by atoms with Crippen LogP contribution in [0, 0.1) is 0 Å². The summed E-state index contributed by atoms with van der Waals surface area (Å²) in [6.07, 6.45) is 0. The van der Waals surface area contributed by atoms with Gasteiger partial charge in [0.15, 0.2) is 0 Å². The summed E-state index contributed by atoms with van der Waals surface area (Å²) >= 11 is 0. The summed E-state index contributed by atoms with van der Waals surface area (Å²) in [7, 11) is -9.27. The van der Waals surface area contributed by atoms with E-state index in [0.29, 0.717) is 0 Å². The highest BCUT2D eigenvalue weighted by molar-refractivity contribution is 8.04. The highest BCUT2D eigenvalue weighted by atomic mass is 32.3. The van der Waals surface area contributed by atoms with Crippen LogP contribution in [0.15, 0.2) is 70.5 Å². The fourth-order valence-corrected chi connectivity index (χ4v) is 5.15. The first-order chi connectivity index (χ1) is 10.3. The van der Waals surface area contributed by atoms with Crippen LogP contribution in [0.25, 0.3) is 0 Å². The Hall–Kier alpha value is -2.39.